The maximum absolute atomic E-state index is 13.9. The molecule has 0 heterocycles. The summed E-state index contributed by atoms with van der Waals surface area (Å²) in [5.41, 5.74) is 0.519. The number of nitrogens with one attached hydrogen (secondary N) is 3. The van der Waals surface area contributed by atoms with Crippen LogP contribution in [-0.4, -0.2) is 33.3 Å². The van der Waals surface area contributed by atoms with Gasteiger partial charge in [0.15, 0.2) is 0 Å². The molecule has 0 unspecified atom stereocenters. The Morgan fingerprint density at radius 2 is 1.76 bits per heavy atom. The molecule has 156 valence electrons. The third kappa shape index (κ3) is 5.61. The van der Waals surface area contributed by atoms with Gasteiger partial charge in [-0.1, -0.05) is 38.5 Å². The van der Waals surface area contributed by atoms with Gasteiger partial charge in [-0.25, -0.2) is 17.5 Å². The van der Waals surface area contributed by atoms with Crippen molar-refractivity contribution < 1.29 is 22.4 Å². The van der Waals surface area contributed by atoms with Gasteiger partial charge < -0.3 is 10.6 Å². The smallest absolute Gasteiger partial charge is 0.251 e. The fourth-order valence-electron chi connectivity index (χ4n) is 2.63. The van der Waals surface area contributed by atoms with E-state index in [1.807, 2.05) is 18.6 Å². The number of carbonyl (C=O) groups excluding carboxylic acids is 2. The van der Waals surface area contributed by atoms with E-state index in [9.17, 15) is 22.4 Å². The van der Waals surface area contributed by atoms with Gasteiger partial charge in [0.25, 0.3) is 5.91 Å². The maximum atomic E-state index is 13.9. The number of rotatable bonds is 8. The molecule has 0 fully saturated rings. The van der Waals surface area contributed by atoms with Gasteiger partial charge in [-0.3, -0.25) is 9.59 Å². The van der Waals surface area contributed by atoms with E-state index in [-0.39, 0.29) is 11.6 Å². The lowest BCUT2D eigenvalue weighted by molar-refractivity contribution is -0.119. The number of benzene rings is 2. The summed E-state index contributed by atoms with van der Waals surface area (Å²) in [6.45, 7) is 3.70. The summed E-state index contributed by atoms with van der Waals surface area (Å²) in [6, 6.07) is 10.9. The van der Waals surface area contributed by atoms with Crippen molar-refractivity contribution in [2.75, 3.05) is 12.4 Å². The van der Waals surface area contributed by atoms with E-state index in [0.717, 1.165) is 19.2 Å². The largest absolute Gasteiger partial charge is 0.340 e. The minimum absolute atomic E-state index is 0.104. The van der Waals surface area contributed by atoms with Crippen molar-refractivity contribution in [2.45, 2.75) is 31.2 Å². The number of anilines is 1. The van der Waals surface area contributed by atoms with Crippen LogP contribution in [0.4, 0.5) is 10.1 Å². The molecule has 0 aromatic heterocycles. The number of hydrogen-bond acceptors (Lipinski definition) is 4. The quantitative estimate of drug-likeness (QED) is 0.609. The van der Waals surface area contributed by atoms with Crippen molar-refractivity contribution in [3.8, 4) is 0 Å². The van der Waals surface area contributed by atoms with E-state index in [1.165, 1.54) is 6.07 Å². The summed E-state index contributed by atoms with van der Waals surface area (Å²) >= 11 is 0. The zero-order valence-electron chi connectivity index (χ0n) is 16.4. The van der Waals surface area contributed by atoms with Gasteiger partial charge in [0.1, 0.15) is 16.8 Å². The topological polar surface area (TPSA) is 104 Å². The summed E-state index contributed by atoms with van der Waals surface area (Å²) in [5.74, 6) is -2.05. The summed E-state index contributed by atoms with van der Waals surface area (Å²) in [4.78, 5) is 24.7. The normalized spacial score (nSPS) is 13.4. The van der Waals surface area contributed by atoms with Crippen LogP contribution in [0.25, 0.3) is 0 Å². The summed E-state index contributed by atoms with van der Waals surface area (Å²) < 4.78 is 39.8. The van der Waals surface area contributed by atoms with E-state index < -0.39 is 38.6 Å². The van der Waals surface area contributed by atoms with Crippen LogP contribution in [0.15, 0.2) is 53.4 Å². The Morgan fingerprint density at radius 3 is 2.34 bits per heavy atom. The highest BCUT2D eigenvalue weighted by Gasteiger charge is 2.27. The SMILES string of the molecule is CC[C@H](C)[C@H](NC(=O)c1ccccc1)C(=O)Nc1ccc(F)c(S(=O)(=O)NC)c1. The molecule has 0 spiro atoms. The second-order valence-electron chi connectivity index (χ2n) is 6.54. The Morgan fingerprint density at radius 1 is 1.10 bits per heavy atom. The van der Waals surface area contributed by atoms with Crippen molar-refractivity contribution in [3.05, 3.63) is 59.9 Å². The minimum atomic E-state index is -4.03. The molecule has 2 rings (SSSR count). The lowest BCUT2D eigenvalue weighted by Crippen LogP contribution is -2.47. The molecule has 7 nitrogen and oxygen atoms in total. The van der Waals surface area contributed by atoms with E-state index >= 15 is 0 Å². The van der Waals surface area contributed by atoms with Crippen molar-refractivity contribution in [1.82, 2.24) is 10.0 Å². The van der Waals surface area contributed by atoms with E-state index in [0.29, 0.717) is 12.0 Å². The second-order valence-corrected chi connectivity index (χ2v) is 8.40. The van der Waals surface area contributed by atoms with Gasteiger partial charge in [-0.05, 0) is 43.3 Å². The van der Waals surface area contributed by atoms with Crippen molar-refractivity contribution >= 4 is 27.5 Å². The number of carbonyl (C=O) groups is 2. The molecular weight excluding hydrogens is 397 g/mol. The van der Waals surface area contributed by atoms with Crippen molar-refractivity contribution in [3.63, 3.8) is 0 Å². The second kappa shape index (κ2) is 9.62. The molecular formula is C20H24FN3O4S. The molecule has 29 heavy (non-hydrogen) atoms. The zero-order valence-corrected chi connectivity index (χ0v) is 17.2. The molecule has 2 amide bonds. The van der Waals surface area contributed by atoms with Crippen LogP contribution in [0.3, 0.4) is 0 Å². The number of amides is 2. The molecule has 0 bridgehead atoms. The molecule has 0 aliphatic rings. The first kappa shape index (κ1) is 22.5. The molecule has 2 aromatic carbocycles. The molecule has 0 aliphatic carbocycles. The third-order valence-corrected chi connectivity index (χ3v) is 6.00. The lowest BCUT2D eigenvalue weighted by Gasteiger charge is -2.23. The molecule has 2 atom stereocenters. The van der Waals surface area contributed by atoms with Crippen molar-refractivity contribution in [1.29, 1.82) is 0 Å². The molecule has 0 saturated heterocycles. The average Bonchev–Trinajstić information content (AvgIpc) is 2.73. The fraction of sp³-hybridized carbons (Fsp3) is 0.300. The van der Waals surface area contributed by atoms with Gasteiger partial charge in [-0.2, -0.15) is 0 Å². The highest BCUT2D eigenvalue weighted by molar-refractivity contribution is 7.89. The van der Waals surface area contributed by atoms with Gasteiger partial charge in [0, 0.05) is 11.3 Å². The maximum Gasteiger partial charge on any atom is 0.251 e. The first-order valence-corrected chi connectivity index (χ1v) is 10.6. The average molecular weight is 421 g/mol. The predicted molar refractivity (Wildman–Crippen MR) is 108 cm³/mol. The number of halogens is 1. The molecule has 3 N–H and O–H groups in total. The van der Waals surface area contributed by atoms with Crippen LogP contribution < -0.4 is 15.4 Å². The van der Waals surface area contributed by atoms with Crippen LogP contribution in [0.1, 0.15) is 30.6 Å². The predicted octanol–water partition coefficient (Wildman–Crippen LogP) is 2.52. The molecule has 9 heteroatoms. The third-order valence-electron chi connectivity index (χ3n) is 4.58. The highest BCUT2D eigenvalue weighted by Crippen LogP contribution is 2.20. The van der Waals surface area contributed by atoms with Crippen LogP contribution in [0.2, 0.25) is 0 Å². The Labute approximate surface area is 169 Å². The van der Waals surface area contributed by atoms with E-state index in [4.69, 9.17) is 0 Å². The standard InChI is InChI=1S/C20H24FN3O4S/c1-4-13(2)18(24-19(25)14-8-6-5-7-9-14)20(26)23-15-10-11-16(21)17(12-15)29(27,28)22-3/h5-13,18,22H,4H2,1-3H3,(H,23,26)(H,24,25)/t13-,18-/m0/s1. The Bertz CT molecular complexity index is 980. The van der Waals surface area contributed by atoms with Gasteiger partial charge in [-0.15, -0.1) is 0 Å². The van der Waals surface area contributed by atoms with Gasteiger partial charge in [0.2, 0.25) is 15.9 Å². The molecule has 0 aliphatic heterocycles. The van der Waals surface area contributed by atoms with Crippen LogP contribution >= 0.6 is 0 Å². The minimum Gasteiger partial charge on any atom is -0.340 e. The zero-order chi connectivity index (χ0) is 21.6. The van der Waals surface area contributed by atoms with E-state index in [2.05, 4.69) is 10.6 Å². The molecule has 0 saturated carbocycles. The Hall–Kier alpha value is -2.78. The first-order valence-electron chi connectivity index (χ1n) is 9.09. The van der Waals surface area contributed by atoms with Crippen LogP contribution in [0.5, 0.6) is 0 Å². The number of hydrogen-bond donors (Lipinski definition) is 3. The first-order chi connectivity index (χ1) is 13.7. The summed E-state index contributed by atoms with van der Waals surface area (Å²) in [6.07, 6.45) is 0.621. The Kier molecular flexibility index (Phi) is 7.46. The molecule has 0 radical (unpaired) electrons. The van der Waals surface area contributed by atoms with Gasteiger partial charge >= 0.3 is 0 Å². The van der Waals surface area contributed by atoms with Crippen molar-refractivity contribution in [2.24, 2.45) is 5.92 Å². The summed E-state index contributed by atoms with van der Waals surface area (Å²) in [7, 11) is -2.86. The lowest BCUT2D eigenvalue weighted by atomic mass is 9.97. The van der Waals surface area contributed by atoms with Crippen LogP contribution in [-0.2, 0) is 14.8 Å². The van der Waals surface area contributed by atoms with Crippen LogP contribution in [0, 0.1) is 11.7 Å². The highest BCUT2D eigenvalue weighted by atomic mass is 32.2. The Balaban J connectivity index is 2.25. The molecule has 2 aromatic rings. The fourth-order valence-corrected chi connectivity index (χ4v) is 3.46. The van der Waals surface area contributed by atoms with Gasteiger partial charge in [0.05, 0.1) is 0 Å². The van der Waals surface area contributed by atoms with E-state index in [1.54, 1.807) is 30.3 Å². The monoisotopic (exact) mass is 421 g/mol. The summed E-state index contributed by atoms with van der Waals surface area (Å²) in [5, 5.41) is 5.28. The number of sulfonamides is 1.